The molecule has 1 aromatic heterocycles. The standard InChI is InChI=1S/C25H33N7O4S/c1-23(2,3)22(35)36-13-30-18(27-28-29-30)17-24(4,5)37-21-16(20(34)31(17)21)32-19(33)15(26-25(32,6)7)14-11-9-8-10-12-14/h8-12,15-17,21,26H,13H2,1-7H3/t15?,16?,17?,21-/m1/s1. The lowest BCUT2D eigenvalue weighted by molar-refractivity contribution is -0.166. The Hall–Kier alpha value is -2.99. The van der Waals surface area contributed by atoms with E-state index in [9.17, 15) is 14.4 Å². The lowest BCUT2D eigenvalue weighted by Crippen LogP contribution is -2.71. The number of β-lactam (4-membered cyclic amide) rings is 1. The average molecular weight is 528 g/mol. The highest BCUT2D eigenvalue weighted by Crippen LogP contribution is 2.59. The van der Waals surface area contributed by atoms with E-state index in [1.165, 1.54) is 4.68 Å². The van der Waals surface area contributed by atoms with Crippen LogP contribution in [0.3, 0.4) is 0 Å². The Morgan fingerprint density at radius 2 is 1.78 bits per heavy atom. The van der Waals surface area contributed by atoms with Crippen molar-refractivity contribution in [2.24, 2.45) is 5.41 Å². The van der Waals surface area contributed by atoms with Gasteiger partial charge >= 0.3 is 5.97 Å². The quantitative estimate of drug-likeness (QED) is 0.461. The van der Waals surface area contributed by atoms with E-state index in [1.54, 1.807) is 42.3 Å². The summed E-state index contributed by atoms with van der Waals surface area (Å²) in [5.74, 6) is -0.191. The molecule has 198 valence electrons. The van der Waals surface area contributed by atoms with Crippen LogP contribution >= 0.6 is 11.8 Å². The molecule has 3 saturated heterocycles. The summed E-state index contributed by atoms with van der Waals surface area (Å²) in [4.78, 5) is 43.1. The number of aromatic nitrogens is 4. The molecular weight excluding hydrogens is 494 g/mol. The largest absolute Gasteiger partial charge is 0.442 e. The van der Waals surface area contributed by atoms with E-state index in [0.29, 0.717) is 5.82 Å². The molecule has 2 aromatic rings. The molecule has 0 spiro atoms. The monoisotopic (exact) mass is 527 g/mol. The number of tetrazole rings is 1. The zero-order chi connectivity index (χ0) is 26.9. The van der Waals surface area contributed by atoms with Crippen molar-refractivity contribution in [2.45, 2.75) is 89.1 Å². The number of hydrogen-bond donors (Lipinski definition) is 1. The van der Waals surface area contributed by atoms with Crippen LogP contribution < -0.4 is 5.32 Å². The summed E-state index contributed by atoms with van der Waals surface area (Å²) in [6.07, 6.45) is 0. The van der Waals surface area contributed by atoms with Crippen molar-refractivity contribution < 1.29 is 19.1 Å². The molecule has 12 heteroatoms. The van der Waals surface area contributed by atoms with Gasteiger partial charge in [-0.1, -0.05) is 30.3 Å². The number of thioether (sulfide) groups is 1. The summed E-state index contributed by atoms with van der Waals surface area (Å²) in [5.41, 5.74) is -0.508. The topological polar surface area (TPSA) is 123 Å². The Kier molecular flexibility index (Phi) is 5.91. The maximum Gasteiger partial charge on any atom is 0.313 e. The van der Waals surface area contributed by atoms with Crippen LogP contribution in [0.1, 0.15) is 71.9 Å². The molecule has 0 bridgehead atoms. The summed E-state index contributed by atoms with van der Waals surface area (Å²) in [5, 5.41) is 15.2. The highest BCUT2D eigenvalue weighted by Gasteiger charge is 2.67. The summed E-state index contributed by atoms with van der Waals surface area (Å²) in [6.45, 7) is 13.1. The third kappa shape index (κ3) is 4.10. The first kappa shape index (κ1) is 25.7. The van der Waals surface area contributed by atoms with Gasteiger partial charge in [-0.15, -0.1) is 16.9 Å². The molecule has 3 aliphatic rings. The van der Waals surface area contributed by atoms with E-state index in [4.69, 9.17) is 4.74 Å². The fraction of sp³-hybridized carbons (Fsp3) is 0.600. The van der Waals surface area contributed by atoms with Gasteiger partial charge < -0.3 is 14.5 Å². The minimum absolute atomic E-state index is 0.116. The van der Waals surface area contributed by atoms with Gasteiger partial charge in [-0.25, -0.2) is 0 Å². The number of esters is 1. The number of fused-ring (bicyclic) bond motifs is 1. The van der Waals surface area contributed by atoms with Gasteiger partial charge in [-0.3, -0.25) is 19.7 Å². The highest BCUT2D eigenvalue weighted by atomic mass is 32.2. The second kappa shape index (κ2) is 8.52. The van der Waals surface area contributed by atoms with Gasteiger partial charge in [0, 0.05) is 4.75 Å². The SMILES string of the molecule is CC(C)(C)C(=O)OCn1nnnc1C1N2C(=O)C(N3C(=O)C(c4ccccc4)NC3(C)C)[C@H]2SC1(C)C. The molecule has 3 aliphatic heterocycles. The fourth-order valence-electron chi connectivity index (χ4n) is 5.34. The molecule has 1 aromatic carbocycles. The van der Waals surface area contributed by atoms with Crippen molar-refractivity contribution >= 4 is 29.5 Å². The molecule has 3 fully saturated rings. The van der Waals surface area contributed by atoms with E-state index >= 15 is 0 Å². The predicted molar refractivity (Wildman–Crippen MR) is 135 cm³/mol. The molecule has 0 radical (unpaired) electrons. The average Bonchev–Trinajstić information content (AvgIpc) is 3.44. The number of nitrogens with one attached hydrogen (secondary N) is 1. The Morgan fingerprint density at radius 3 is 2.43 bits per heavy atom. The van der Waals surface area contributed by atoms with Crippen molar-refractivity contribution in [3.05, 3.63) is 41.7 Å². The van der Waals surface area contributed by atoms with Gasteiger partial charge in [0.25, 0.3) is 0 Å². The third-order valence-electron chi connectivity index (χ3n) is 7.14. The maximum atomic E-state index is 13.7. The summed E-state index contributed by atoms with van der Waals surface area (Å²) >= 11 is 1.63. The maximum absolute atomic E-state index is 13.7. The van der Waals surface area contributed by atoms with Gasteiger partial charge in [-0.05, 0) is 64.5 Å². The third-order valence-corrected chi connectivity index (χ3v) is 8.70. The van der Waals surface area contributed by atoms with Crippen LogP contribution in [-0.2, 0) is 25.9 Å². The van der Waals surface area contributed by atoms with Crippen LogP contribution in [0.5, 0.6) is 0 Å². The van der Waals surface area contributed by atoms with Crippen LogP contribution in [0, 0.1) is 5.41 Å². The second-order valence-electron chi connectivity index (χ2n) is 11.8. The second-order valence-corrected chi connectivity index (χ2v) is 13.6. The van der Waals surface area contributed by atoms with Crippen LogP contribution in [0.15, 0.2) is 30.3 Å². The molecule has 3 unspecified atom stereocenters. The summed E-state index contributed by atoms with van der Waals surface area (Å²) < 4.78 is 6.41. The first-order chi connectivity index (χ1) is 17.2. The number of benzene rings is 1. The number of hydrogen-bond acceptors (Lipinski definition) is 9. The number of carbonyl (C=O) groups is 3. The molecule has 1 N–H and O–H groups in total. The molecule has 0 saturated carbocycles. The number of rotatable bonds is 5. The lowest BCUT2D eigenvalue weighted by Gasteiger charge is -2.50. The zero-order valence-corrected chi connectivity index (χ0v) is 22.9. The van der Waals surface area contributed by atoms with Gasteiger partial charge in [0.1, 0.15) is 23.5 Å². The molecule has 11 nitrogen and oxygen atoms in total. The lowest BCUT2D eigenvalue weighted by atomic mass is 9.93. The van der Waals surface area contributed by atoms with Crippen molar-refractivity contribution in [1.29, 1.82) is 0 Å². The van der Waals surface area contributed by atoms with E-state index in [-0.39, 0.29) is 29.9 Å². The van der Waals surface area contributed by atoms with Crippen molar-refractivity contribution in [3.8, 4) is 0 Å². The van der Waals surface area contributed by atoms with Gasteiger partial charge in [-0.2, -0.15) is 4.68 Å². The normalized spacial score (nSPS) is 28.3. The minimum Gasteiger partial charge on any atom is -0.442 e. The molecule has 37 heavy (non-hydrogen) atoms. The smallest absolute Gasteiger partial charge is 0.313 e. The molecule has 0 aliphatic carbocycles. The molecule has 4 atom stereocenters. The van der Waals surface area contributed by atoms with Crippen LogP contribution in [0.4, 0.5) is 0 Å². The summed E-state index contributed by atoms with van der Waals surface area (Å²) in [7, 11) is 0. The van der Waals surface area contributed by atoms with Crippen LogP contribution in [0.25, 0.3) is 0 Å². The number of nitrogens with zero attached hydrogens (tertiary/aromatic N) is 6. The van der Waals surface area contributed by atoms with E-state index in [0.717, 1.165) is 5.56 Å². The Bertz CT molecular complexity index is 1240. The first-order valence-corrected chi connectivity index (χ1v) is 13.2. The van der Waals surface area contributed by atoms with Gasteiger partial charge in [0.05, 0.1) is 11.1 Å². The van der Waals surface area contributed by atoms with E-state index in [1.807, 2.05) is 58.0 Å². The van der Waals surface area contributed by atoms with Gasteiger partial charge in [0.2, 0.25) is 11.8 Å². The number of ether oxygens (including phenoxy) is 1. The van der Waals surface area contributed by atoms with Crippen LogP contribution in [0.2, 0.25) is 0 Å². The Balaban J connectivity index is 1.40. The van der Waals surface area contributed by atoms with Gasteiger partial charge in [0.15, 0.2) is 12.6 Å². The zero-order valence-electron chi connectivity index (χ0n) is 22.1. The van der Waals surface area contributed by atoms with Crippen molar-refractivity contribution in [3.63, 3.8) is 0 Å². The van der Waals surface area contributed by atoms with Crippen molar-refractivity contribution in [2.75, 3.05) is 0 Å². The van der Waals surface area contributed by atoms with E-state index in [2.05, 4.69) is 20.8 Å². The van der Waals surface area contributed by atoms with Crippen LogP contribution in [-0.4, -0.2) is 69.6 Å². The summed E-state index contributed by atoms with van der Waals surface area (Å²) in [6, 6.07) is 7.97. The van der Waals surface area contributed by atoms with Crippen molar-refractivity contribution in [1.82, 2.24) is 35.3 Å². The van der Waals surface area contributed by atoms with E-state index < -0.39 is 34.0 Å². The molecule has 5 rings (SSSR count). The Morgan fingerprint density at radius 1 is 1.11 bits per heavy atom. The minimum atomic E-state index is -0.713. The number of amides is 2. The fourth-order valence-corrected chi connectivity index (χ4v) is 7.02. The first-order valence-electron chi connectivity index (χ1n) is 12.3. The number of carbonyl (C=O) groups excluding carboxylic acids is 3. The predicted octanol–water partition coefficient (Wildman–Crippen LogP) is 2.23. The molecule has 4 heterocycles. The molecular formula is C25H33N7O4S. The Labute approximate surface area is 220 Å². The molecule has 2 amide bonds. The highest BCUT2D eigenvalue weighted by molar-refractivity contribution is 8.01.